The van der Waals surface area contributed by atoms with Gasteiger partial charge in [-0.25, -0.2) is 4.79 Å². The van der Waals surface area contributed by atoms with Gasteiger partial charge >= 0.3 is 5.97 Å². The Morgan fingerprint density at radius 2 is 1.14 bits per heavy atom. The molecule has 0 aliphatic rings. The van der Waals surface area contributed by atoms with Gasteiger partial charge in [-0.15, -0.1) is 0 Å². The topological polar surface area (TPSA) is 63.6 Å². The van der Waals surface area contributed by atoms with Crippen molar-refractivity contribution in [1.82, 2.24) is 0 Å². The van der Waals surface area contributed by atoms with Crippen molar-refractivity contribution in [3.63, 3.8) is 0 Å². The summed E-state index contributed by atoms with van der Waals surface area (Å²) in [5.41, 5.74) is 0.441. The van der Waals surface area contributed by atoms with Crippen LogP contribution in [0.3, 0.4) is 0 Å². The molecular weight excluding hydrogens is 383 g/mol. The van der Waals surface area contributed by atoms with E-state index in [2.05, 4.69) is 13.5 Å². The molecular formula is C24H47O4P. The van der Waals surface area contributed by atoms with Crippen molar-refractivity contribution in [2.45, 2.75) is 117 Å². The second-order valence-corrected chi connectivity index (χ2v) is 11.1. The summed E-state index contributed by atoms with van der Waals surface area (Å²) in [7, 11) is -2.92. The quantitative estimate of drug-likeness (QED) is 0.0879. The third-order valence-corrected chi connectivity index (χ3v) is 7.37. The van der Waals surface area contributed by atoms with Gasteiger partial charge in [0.05, 0.1) is 6.61 Å². The van der Waals surface area contributed by atoms with Gasteiger partial charge in [-0.3, -0.25) is 4.57 Å². The number of esters is 1. The summed E-state index contributed by atoms with van der Waals surface area (Å²) in [6, 6.07) is 0. The Kier molecular flexibility index (Phi) is 19.0. The monoisotopic (exact) mass is 430 g/mol. The molecule has 0 aromatic heterocycles. The zero-order valence-electron chi connectivity index (χ0n) is 19.3. The molecule has 0 radical (unpaired) electrons. The SMILES string of the molecule is C=C(C)C(=O)OCCCCCCCCP(=O)(O)CCCCCCCCCCCC. The fourth-order valence-corrected chi connectivity index (χ4v) is 5.07. The van der Waals surface area contributed by atoms with Crippen molar-refractivity contribution in [2.75, 3.05) is 18.9 Å². The van der Waals surface area contributed by atoms with Crippen LogP contribution in [0.25, 0.3) is 0 Å². The molecule has 29 heavy (non-hydrogen) atoms. The number of hydrogen-bond donors (Lipinski definition) is 1. The fourth-order valence-electron chi connectivity index (χ4n) is 3.41. The van der Waals surface area contributed by atoms with Crippen molar-refractivity contribution in [3.05, 3.63) is 12.2 Å². The van der Waals surface area contributed by atoms with E-state index in [1.165, 1.54) is 51.4 Å². The molecule has 1 unspecified atom stereocenters. The lowest BCUT2D eigenvalue weighted by molar-refractivity contribution is -0.139. The first-order chi connectivity index (χ1) is 13.9. The van der Waals surface area contributed by atoms with Gasteiger partial charge in [-0.05, 0) is 26.2 Å². The van der Waals surface area contributed by atoms with Gasteiger partial charge in [0.25, 0.3) is 0 Å². The smallest absolute Gasteiger partial charge is 0.333 e. The number of ether oxygens (including phenoxy) is 1. The average molecular weight is 431 g/mol. The third-order valence-electron chi connectivity index (χ3n) is 5.34. The van der Waals surface area contributed by atoms with Gasteiger partial charge < -0.3 is 9.63 Å². The fraction of sp³-hybridized carbons (Fsp3) is 0.875. The summed E-state index contributed by atoms with van der Waals surface area (Å²) in [6.45, 7) is 7.90. The maximum Gasteiger partial charge on any atom is 0.333 e. The third kappa shape index (κ3) is 20.5. The Morgan fingerprint density at radius 3 is 1.55 bits per heavy atom. The van der Waals surface area contributed by atoms with Crippen LogP contribution in [0, 0.1) is 0 Å². The van der Waals surface area contributed by atoms with E-state index in [-0.39, 0.29) is 5.97 Å². The predicted octanol–water partition coefficient (Wildman–Crippen LogP) is 7.64. The molecule has 0 bridgehead atoms. The number of rotatable bonds is 21. The Balaban J connectivity index is 3.41. The molecule has 0 spiro atoms. The molecule has 0 aromatic carbocycles. The van der Waals surface area contributed by atoms with Crippen LogP contribution in [-0.2, 0) is 14.1 Å². The molecule has 1 N–H and O–H groups in total. The highest BCUT2D eigenvalue weighted by Crippen LogP contribution is 2.42. The lowest BCUT2D eigenvalue weighted by Crippen LogP contribution is -2.06. The first kappa shape index (κ1) is 28.4. The van der Waals surface area contributed by atoms with Gasteiger partial charge in [0.15, 0.2) is 0 Å². The van der Waals surface area contributed by atoms with Crippen molar-refractivity contribution in [3.8, 4) is 0 Å². The summed E-state index contributed by atoms with van der Waals surface area (Å²) in [6.07, 6.45) is 19.4. The van der Waals surface area contributed by atoms with Crippen molar-refractivity contribution < 1.29 is 19.0 Å². The summed E-state index contributed by atoms with van der Waals surface area (Å²) >= 11 is 0. The highest BCUT2D eigenvalue weighted by molar-refractivity contribution is 7.57. The van der Waals surface area contributed by atoms with E-state index < -0.39 is 7.37 Å². The second-order valence-electron chi connectivity index (χ2n) is 8.51. The Labute approximate surface area is 180 Å². The number of carbonyl (C=O) groups is 1. The normalized spacial score (nSPS) is 13.2. The lowest BCUT2D eigenvalue weighted by atomic mass is 10.1. The summed E-state index contributed by atoms with van der Waals surface area (Å²) in [4.78, 5) is 21.3. The summed E-state index contributed by atoms with van der Waals surface area (Å²) in [5, 5.41) is 0. The van der Waals surface area contributed by atoms with E-state index in [1.807, 2.05) is 0 Å². The standard InChI is InChI=1S/C24H47O4P/c1-4-5-6-7-8-9-10-12-15-18-21-29(26,27)22-19-16-13-11-14-17-20-28-24(25)23(2)3/h2,4-22H2,1,3H3,(H,26,27). The van der Waals surface area contributed by atoms with E-state index in [4.69, 9.17) is 4.74 Å². The Bertz CT molecular complexity index is 462. The highest BCUT2D eigenvalue weighted by Gasteiger charge is 2.16. The van der Waals surface area contributed by atoms with Gasteiger partial charge in [0, 0.05) is 17.9 Å². The average Bonchev–Trinajstić information content (AvgIpc) is 2.67. The van der Waals surface area contributed by atoms with Gasteiger partial charge in [-0.1, -0.05) is 97.0 Å². The van der Waals surface area contributed by atoms with Gasteiger partial charge in [0.2, 0.25) is 7.37 Å². The Hall–Kier alpha value is -0.600. The van der Waals surface area contributed by atoms with Crippen LogP contribution in [0.15, 0.2) is 12.2 Å². The highest BCUT2D eigenvalue weighted by atomic mass is 31.2. The van der Waals surface area contributed by atoms with E-state index in [0.717, 1.165) is 51.4 Å². The predicted molar refractivity (Wildman–Crippen MR) is 125 cm³/mol. The van der Waals surface area contributed by atoms with Gasteiger partial charge in [-0.2, -0.15) is 0 Å². The molecule has 5 heteroatoms. The first-order valence-electron chi connectivity index (χ1n) is 12.0. The molecule has 172 valence electrons. The molecule has 0 rings (SSSR count). The zero-order chi connectivity index (χ0) is 21.8. The van der Waals surface area contributed by atoms with Crippen molar-refractivity contribution >= 4 is 13.3 Å². The van der Waals surface area contributed by atoms with Crippen LogP contribution >= 0.6 is 7.37 Å². The second kappa shape index (κ2) is 19.4. The van der Waals surface area contributed by atoms with Crippen LogP contribution in [0.2, 0.25) is 0 Å². The number of hydrogen-bond acceptors (Lipinski definition) is 3. The number of carbonyl (C=O) groups excluding carboxylic acids is 1. The molecule has 1 atom stereocenters. The molecule has 4 nitrogen and oxygen atoms in total. The molecule has 0 aliphatic heterocycles. The number of unbranched alkanes of at least 4 members (excludes halogenated alkanes) is 14. The molecule has 0 heterocycles. The van der Waals surface area contributed by atoms with E-state index in [1.54, 1.807) is 6.92 Å². The molecule has 0 aromatic rings. The molecule has 0 amide bonds. The molecule has 0 aliphatic carbocycles. The largest absolute Gasteiger partial charge is 0.462 e. The van der Waals surface area contributed by atoms with Crippen LogP contribution in [-0.4, -0.2) is 29.8 Å². The molecule has 0 fully saturated rings. The van der Waals surface area contributed by atoms with E-state index in [9.17, 15) is 14.3 Å². The van der Waals surface area contributed by atoms with Crippen molar-refractivity contribution in [1.29, 1.82) is 0 Å². The van der Waals surface area contributed by atoms with Gasteiger partial charge in [0.1, 0.15) is 0 Å². The molecule has 0 saturated carbocycles. The Morgan fingerprint density at radius 1 is 0.759 bits per heavy atom. The minimum atomic E-state index is -2.92. The van der Waals surface area contributed by atoms with E-state index >= 15 is 0 Å². The first-order valence-corrected chi connectivity index (χ1v) is 14.1. The van der Waals surface area contributed by atoms with Crippen LogP contribution in [0.5, 0.6) is 0 Å². The summed E-state index contributed by atoms with van der Waals surface area (Å²) in [5.74, 6) is -0.314. The zero-order valence-corrected chi connectivity index (χ0v) is 20.2. The van der Waals surface area contributed by atoms with Crippen LogP contribution in [0.4, 0.5) is 0 Å². The lowest BCUT2D eigenvalue weighted by Gasteiger charge is -2.11. The van der Waals surface area contributed by atoms with Crippen LogP contribution < -0.4 is 0 Å². The minimum Gasteiger partial charge on any atom is -0.462 e. The molecule has 0 saturated heterocycles. The van der Waals surface area contributed by atoms with Crippen LogP contribution in [0.1, 0.15) is 117 Å². The maximum atomic E-state index is 12.2. The minimum absolute atomic E-state index is 0.314. The van der Waals surface area contributed by atoms with E-state index in [0.29, 0.717) is 24.5 Å². The van der Waals surface area contributed by atoms with Crippen molar-refractivity contribution in [2.24, 2.45) is 0 Å². The summed E-state index contributed by atoms with van der Waals surface area (Å²) < 4.78 is 17.3. The maximum absolute atomic E-state index is 12.2.